The summed E-state index contributed by atoms with van der Waals surface area (Å²) in [5, 5.41) is 0.467. The maximum absolute atomic E-state index is 12.4. The van der Waals surface area contributed by atoms with E-state index in [0.717, 1.165) is 0 Å². The first-order valence-corrected chi connectivity index (χ1v) is 9.84. The smallest absolute Gasteiger partial charge is 0.410 e. The van der Waals surface area contributed by atoms with E-state index in [-0.39, 0.29) is 23.2 Å². The predicted octanol–water partition coefficient (Wildman–Crippen LogP) is 4.02. The third kappa shape index (κ3) is 5.47. The summed E-state index contributed by atoms with van der Waals surface area (Å²) in [6.07, 6.45) is -0.576. The molecule has 0 aromatic heterocycles. The number of nitrogens with zero attached hydrogens (tertiary/aromatic N) is 1. The van der Waals surface area contributed by atoms with Crippen LogP contribution in [0.5, 0.6) is 5.75 Å². The lowest BCUT2D eigenvalue weighted by Crippen LogP contribution is -2.41. The number of benzene rings is 2. The molecule has 0 N–H and O–H groups in total. The number of hydrogen-bond donors (Lipinski definition) is 0. The van der Waals surface area contributed by atoms with Gasteiger partial charge in [-0.25, -0.2) is 13.2 Å². The molecule has 5 nitrogen and oxygen atoms in total. The molecule has 0 unspecified atom stereocenters. The Morgan fingerprint density at radius 1 is 1.08 bits per heavy atom. The van der Waals surface area contributed by atoms with Crippen molar-refractivity contribution in [3.8, 4) is 5.75 Å². The van der Waals surface area contributed by atoms with Crippen molar-refractivity contribution in [2.75, 3.05) is 12.3 Å². The first kappa shape index (κ1) is 19.3. The van der Waals surface area contributed by atoms with Crippen molar-refractivity contribution in [2.45, 2.75) is 24.8 Å². The van der Waals surface area contributed by atoms with Crippen LogP contribution in [-0.4, -0.2) is 37.8 Å². The highest BCUT2D eigenvalue weighted by Crippen LogP contribution is 2.17. The number of ether oxygens (including phenoxy) is 1. The van der Waals surface area contributed by atoms with E-state index >= 15 is 0 Å². The van der Waals surface area contributed by atoms with Crippen molar-refractivity contribution in [3.05, 3.63) is 59.6 Å². The van der Waals surface area contributed by atoms with E-state index < -0.39 is 15.9 Å². The van der Waals surface area contributed by atoms with Gasteiger partial charge in [0.15, 0.2) is 9.84 Å². The van der Waals surface area contributed by atoms with Crippen molar-refractivity contribution in [3.63, 3.8) is 0 Å². The number of hydrogen-bond acceptors (Lipinski definition) is 4. The number of amides is 1. The minimum atomic E-state index is -3.52. The molecule has 25 heavy (non-hydrogen) atoms. The molecule has 1 amide bonds. The SMILES string of the molecule is CC(C)N(CCS(=O)(=O)c1ccc(Cl)cc1)C(=O)Oc1ccccc1. The molecule has 0 radical (unpaired) electrons. The number of rotatable bonds is 6. The fourth-order valence-electron chi connectivity index (χ4n) is 2.19. The van der Waals surface area contributed by atoms with Gasteiger partial charge in [0.1, 0.15) is 5.75 Å². The summed E-state index contributed by atoms with van der Waals surface area (Å²) in [5.74, 6) is 0.218. The van der Waals surface area contributed by atoms with Crippen LogP contribution in [0.2, 0.25) is 5.02 Å². The fourth-order valence-corrected chi connectivity index (χ4v) is 3.54. The van der Waals surface area contributed by atoms with Crippen molar-refractivity contribution < 1.29 is 17.9 Å². The first-order valence-electron chi connectivity index (χ1n) is 7.81. The number of halogens is 1. The second-order valence-electron chi connectivity index (χ2n) is 5.74. The highest BCUT2D eigenvalue weighted by atomic mass is 35.5. The van der Waals surface area contributed by atoms with Crippen LogP contribution in [0.1, 0.15) is 13.8 Å². The van der Waals surface area contributed by atoms with Crippen LogP contribution in [0.3, 0.4) is 0 Å². The standard InChI is InChI=1S/C18H20ClNO4S/c1-14(2)20(18(21)24-16-6-4-3-5-7-16)12-13-25(22,23)17-10-8-15(19)9-11-17/h3-11,14H,12-13H2,1-2H3. The lowest BCUT2D eigenvalue weighted by atomic mass is 10.3. The summed E-state index contributed by atoms with van der Waals surface area (Å²) < 4.78 is 30.2. The molecule has 0 atom stereocenters. The Labute approximate surface area is 153 Å². The fraction of sp³-hybridized carbons (Fsp3) is 0.278. The van der Waals surface area contributed by atoms with Gasteiger partial charge >= 0.3 is 6.09 Å². The third-order valence-electron chi connectivity index (χ3n) is 3.58. The zero-order valence-electron chi connectivity index (χ0n) is 14.1. The molecular formula is C18H20ClNO4S. The summed E-state index contributed by atoms with van der Waals surface area (Å²) in [6, 6.07) is 14.4. The van der Waals surface area contributed by atoms with Crippen LogP contribution in [0.15, 0.2) is 59.5 Å². The lowest BCUT2D eigenvalue weighted by Gasteiger charge is -2.25. The molecule has 0 saturated heterocycles. The molecule has 2 aromatic rings. The second kappa shape index (κ2) is 8.36. The van der Waals surface area contributed by atoms with Crippen molar-refractivity contribution in [1.29, 1.82) is 0 Å². The van der Waals surface area contributed by atoms with Crippen LogP contribution < -0.4 is 4.74 Å². The highest BCUT2D eigenvalue weighted by molar-refractivity contribution is 7.91. The minimum absolute atomic E-state index is 0.0360. The van der Waals surface area contributed by atoms with Gasteiger partial charge in [-0.15, -0.1) is 0 Å². The Hall–Kier alpha value is -2.05. The average molecular weight is 382 g/mol. The van der Waals surface area contributed by atoms with Gasteiger partial charge in [-0.3, -0.25) is 0 Å². The van der Waals surface area contributed by atoms with Crippen LogP contribution in [0.25, 0.3) is 0 Å². The molecule has 7 heteroatoms. The maximum atomic E-state index is 12.4. The highest BCUT2D eigenvalue weighted by Gasteiger charge is 2.23. The molecule has 0 fully saturated rings. The molecular weight excluding hydrogens is 362 g/mol. The molecule has 0 bridgehead atoms. The molecule has 0 saturated carbocycles. The van der Waals surface area contributed by atoms with Crippen molar-refractivity contribution in [1.82, 2.24) is 4.90 Å². The average Bonchev–Trinajstić information content (AvgIpc) is 2.56. The minimum Gasteiger partial charge on any atom is -0.410 e. The van der Waals surface area contributed by atoms with Crippen molar-refractivity contribution in [2.24, 2.45) is 0 Å². The Kier molecular flexibility index (Phi) is 6.45. The summed E-state index contributed by atoms with van der Waals surface area (Å²) in [7, 11) is -3.52. The number of sulfone groups is 1. The van der Waals surface area contributed by atoms with Gasteiger partial charge in [0.05, 0.1) is 10.6 Å². The van der Waals surface area contributed by atoms with Crippen molar-refractivity contribution >= 4 is 27.5 Å². The largest absolute Gasteiger partial charge is 0.415 e. The van der Waals surface area contributed by atoms with Crippen LogP contribution in [0, 0.1) is 0 Å². The van der Waals surface area contributed by atoms with Gasteiger partial charge < -0.3 is 9.64 Å². The Morgan fingerprint density at radius 2 is 1.68 bits per heavy atom. The summed E-state index contributed by atoms with van der Waals surface area (Å²) in [4.78, 5) is 13.9. The molecule has 2 rings (SSSR count). The van der Waals surface area contributed by atoms with Gasteiger partial charge in [-0.1, -0.05) is 29.8 Å². The van der Waals surface area contributed by atoms with E-state index in [1.165, 1.54) is 29.2 Å². The molecule has 0 aliphatic rings. The number of para-hydroxylation sites is 1. The molecule has 134 valence electrons. The van der Waals surface area contributed by atoms with Gasteiger partial charge in [-0.05, 0) is 50.2 Å². The molecule has 2 aromatic carbocycles. The summed E-state index contributed by atoms with van der Waals surface area (Å²) >= 11 is 5.79. The molecule has 0 spiro atoms. The van der Waals surface area contributed by atoms with Gasteiger partial charge in [0.2, 0.25) is 0 Å². The van der Waals surface area contributed by atoms with E-state index in [1.54, 1.807) is 38.1 Å². The monoisotopic (exact) mass is 381 g/mol. The maximum Gasteiger partial charge on any atom is 0.415 e. The zero-order valence-corrected chi connectivity index (χ0v) is 15.6. The molecule has 0 aliphatic heterocycles. The zero-order chi connectivity index (χ0) is 18.4. The normalized spacial score (nSPS) is 11.4. The summed E-state index contributed by atoms with van der Waals surface area (Å²) in [6.45, 7) is 3.65. The lowest BCUT2D eigenvalue weighted by molar-refractivity contribution is 0.142. The Morgan fingerprint density at radius 3 is 2.24 bits per heavy atom. The van der Waals surface area contributed by atoms with E-state index in [2.05, 4.69) is 0 Å². The topological polar surface area (TPSA) is 63.7 Å². The number of carbonyl (C=O) groups excluding carboxylic acids is 1. The van der Waals surface area contributed by atoms with E-state index in [0.29, 0.717) is 10.8 Å². The molecule has 0 heterocycles. The van der Waals surface area contributed by atoms with Gasteiger partial charge in [0.25, 0.3) is 0 Å². The summed E-state index contributed by atoms with van der Waals surface area (Å²) in [5.41, 5.74) is 0. The predicted molar refractivity (Wildman–Crippen MR) is 97.8 cm³/mol. The molecule has 0 aliphatic carbocycles. The van der Waals surface area contributed by atoms with Crippen LogP contribution in [-0.2, 0) is 9.84 Å². The first-order chi connectivity index (χ1) is 11.8. The van der Waals surface area contributed by atoms with Gasteiger partial charge in [-0.2, -0.15) is 0 Å². The Bertz CT molecular complexity index is 805. The quantitative estimate of drug-likeness (QED) is 0.758. The van der Waals surface area contributed by atoms with E-state index in [1.807, 2.05) is 6.07 Å². The van der Waals surface area contributed by atoms with Crippen LogP contribution >= 0.6 is 11.6 Å². The Balaban J connectivity index is 2.06. The number of carbonyl (C=O) groups is 1. The second-order valence-corrected chi connectivity index (χ2v) is 8.29. The van der Waals surface area contributed by atoms with Gasteiger partial charge in [0, 0.05) is 17.6 Å². The van der Waals surface area contributed by atoms with E-state index in [9.17, 15) is 13.2 Å². The van der Waals surface area contributed by atoms with E-state index in [4.69, 9.17) is 16.3 Å². The third-order valence-corrected chi connectivity index (χ3v) is 5.54. The van der Waals surface area contributed by atoms with Crippen LogP contribution in [0.4, 0.5) is 4.79 Å².